The summed E-state index contributed by atoms with van der Waals surface area (Å²) in [6, 6.07) is 0. The molecule has 0 radical (unpaired) electrons. The van der Waals surface area contributed by atoms with E-state index in [1.54, 1.807) is 6.55 Å². The molecule has 0 aliphatic heterocycles. The highest BCUT2D eigenvalue weighted by molar-refractivity contribution is 7.20. The lowest BCUT2D eigenvalue weighted by atomic mass is 11.8. The number of hydrogen-bond acceptors (Lipinski definition) is 4. The maximum Gasteiger partial charge on any atom is 0.498 e. The molecule has 1 unspecified atom stereocenters. The summed E-state index contributed by atoms with van der Waals surface area (Å²) in [4.78, 5) is 9.29. The highest BCUT2D eigenvalue weighted by atomic mass is 29.3. The minimum atomic E-state index is -2.60. The first kappa shape index (κ1) is 10.3. The van der Waals surface area contributed by atoms with E-state index in [1.807, 2.05) is 0 Å². The molecule has 0 bridgehead atoms. The zero-order valence-corrected chi connectivity index (χ0v) is 8.90. The highest BCUT2D eigenvalue weighted by Crippen LogP contribution is 2.07. The first-order valence-electron chi connectivity index (χ1n) is 2.96. The van der Waals surface area contributed by atoms with Gasteiger partial charge in [0.1, 0.15) is 0 Å². The third-order valence-electron chi connectivity index (χ3n) is 1.37. The van der Waals surface area contributed by atoms with E-state index in [0.29, 0.717) is 0 Å². The molecule has 0 spiro atoms. The predicted molar refractivity (Wildman–Crippen MR) is 42.0 cm³/mol. The van der Waals surface area contributed by atoms with Gasteiger partial charge in [-0.1, -0.05) is 0 Å². The van der Waals surface area contributed by atoms with Gasteiger partial charge in [-0.2, -0.15) is 0 Å². The largest absolute Gasteiger partial charge is 0.498 e. The maximum absolute atomic E-state index is 9.29. The topological polar surface area (TPSA) is 47.9 Å². The van der Waals surface area contributed by atoms with Crippen LogP contribution in [-0.2, 0) is 13.3 Å². The molecule has 6 heteroatoms. The molecule has 62 valence electrons. The minimum absolute atomic E-state index is 1.50. The van der Waals surface area contributed by atoms with Gasteiger partial charge in [-0.25, -0.2) is 0 Å². The van der Waals surface area contributed by atoms with Crippen LogP contribution in [0.4, 0.5) is 0 Å². The van der Waals surface area contributed by atoms with Gasteiger partial charge in [0, 0.05) is 21.3 Å². The summed E-state index contributed by atoms with van der Waals surface area (Å²) in [5.41, 5.74) is 0. The Balaban J connectivity index is 4.15. The van der Waals surface area contributed by atoms with E-state index in [0.717, 1.165) is 0 Å². The van der Waals surface area contributed by atoms with Crippen molar-refractivity contribution in [3.63, 3.8) is 0 Å². The Hall–Kier alpha value is 0.274. The Bertz CT molecular complexity index is 85.0. The third-order valence-corrected chi connectivity index (χ3v) is 9.29. The summed E-state index contributed by atoms with van der Waals surface area (Å²) >= 11 is 0. The van der Waals surface area contributed by atoms with Crippen LogP contribution in [0.5, 0.6) is 0 Å². The molecule has 4 nitrogen and oxygen atoms in total. The molecule has 0 saturated carbocycles. The van der Waals surface area contributed by atoms with Crippen LogP contribution in [0.2, 0.25) is 6.55 Å². The van der Waals surface area contributed by atoms with Crippen molar-refractivity contribution < 1.29 is 18.1 Å². The van der Waals surface area contributed by atoms with Gasteiger partial charge in [-0.3, -0.25) is 0 Å². The number of rotatable bonds is 4. The van der Waals surface area contributed by atoms with E-state index in [9.17, 15) is 4.80 Å². The average Bonchev–Trinajstić information content (AvgIpc) is 1.92. The van der Waals surface area contributed by atoms with Crippen LogP contribution >= 0.6 is 0 Å². The van der Waals surface area contributed by atoms with Crippen molar-refractivity contribution in [3.05, 3.63) is 0 Å². The van der Waals surface area contributed by atoms with Crippen LogP contribution in [0.3, 0.4) is 0 Å². The molecule has 10 heavy (non-hydrogen) atoms. The molecular formula is C4H14O4Si2. The van der Waals surface area contributed by atoms with Crippen LogP contribution in [0, 0.1) is 0 Å². The van der Waals surface area contributed by atoms with E-state index in [2.05, 4.69) is 0 Å². The van der Waals surface area contributed by atoms with Crippen molar-refractivity contribution >= 4 is 16.9 Å². The Morgan fingerprint density at radius 2 is 1.40 bits per heavy atom. The predicted octanol–water partition coefficient (Wildman–Crippen LogP) is -0.711. The van der Waals surface area contributed by atoms with Gasteiger partial charge >= 0.3 is 8.32 Å². The smallest absolute Gasteiger partial charge is 0.430 e. The second kappa shape index (κ2) is 4.21. The molecule has 0 aliphatic carbocycles. The Kier molecular flexibility index (Phi) is 4.33. The van der Waals surface area contributed by atoms with Gasteiger partial charge in [0.2, 0.25) is 0 Å². The molecule has 0 aromatic rings. The molecule has 0 aliphatic rings. The van der Waals surface area contributed by atoms with Crippen molar-refractivity contribution in [1.29, 1.82) is 0 Å². The molecule has 0 aromatic heterocycles. The van der Waals surface area contributed by atoms with Crippen molar-refractivity contribution in [1.82, 2.24) is 0 Å². The maximum atomic E-state index is 9.29. The zero-order valence-electron chi connectivity index (χ0n) is 6.75. The quantitative estimate of drug-likeness (QED) is 0.584. The molecule has 0 saturated heterocycles. The van der Waals surface area contributed by atoms with Crippen LogP contribution < -0.4 is 0 Å². The normalized spacial score (nSPS) is 15.3. The second-order valence-electron chi connectivity index (χ2n) is 1.89. The number of hydrogen-bond donors (Lipinski definition) is 1. The SMILES string of the molecule is CO[Si](OC)(OC)[SiH](C)O. The van der Waals surface area contributed by atoms with E-state index in [-0.39, 0.29) is 0 Å². The van der Waals surface area contributed by atoms with E-state index < -0.39 is 16.9 Å². The molecule has 0 rings (SSSR count). The van der Waals surface area contributed by atoms with E-state index >= 15 is 0 Å². The summed E-state index contributed by atoms with van der Waals surface area (Å²) in [7, 11) is -0.0525. The minimum Gasteiger partial charge on any atom is -0.430 e. The zero-order chi connectivity index (χ0) is 8.20. The molecule has 0 fully saturated rings. The summed E-state index contributed by atoms with van der Waals surface area (Å²) < 4.78 is 15.0. The fourth-order valence-corrected chi connectivity index (χ4v) is 5.36. The molecule has 1 N–H and O–H groups in total. The Morgan fingerprint density at radius 3 is 1.40 bits per heavy atom. The monoisotopic (exact) mass is 182 g/mol. The van der Waals surface area contributed by atoms with Crippen molar-refractivity contribution in [2.75, 3.05) is 21.3 Å². The summed E-state index contributed by atoms with van der Waals surface area (Å²) in [5, 5.41) is 0. The van der Waals surface area contributed by atoms with E-state index in [4.69, 9.17) is 13.3 Å². The van der Waals surface area contributed by atoms with Crippen LogP contribution in [0.15, 0.2) is 0 Å². The summed E-state index contributed by atoms with van der Waals surface area (Å²) in [6.45, 7) is 1.72. The van der Waals surface area contributed by atoms with Gasteiger partial charge < -0.3 is 18.1 Å². The first-order valence-corrected chi connectivity index (χ1v) is 8.17. The highest BCUT2D eigenvalue weighted by Gasteiger charge is 2.45. The first-order chi connectivity index (χ1) is 4.63. The van der Waals surface area contributed by atoms with Gasteiger partial charge in [0.05, 0.1) is 0 Å². The fourth-order valence-electron chi connectivity index (χ4n) is 0.762. The van der Waals surface area contributed by atoms with Crippen LogP contribution in [0.1, 0.15) is 0 Å². The Morgan fingerprint density at radius 1 is 1.10 bits per heavy atom. The lowest BCUT2D eigenvalue weighted by molar-refractivity contribution is 0.142. The van der Waals surface area contributed by atoms with Gasteiger partial charge in [0.15, 0.2) is 0 Å². The van der Waals surface area contributed by atoms with Crippen molar-refractivity contribution in [2.24, 2.45) is 0 Å². The van der Waals surface area contributed by atoms with Crippen LogP contribution in [0.25, 0.3) is 0 Å². The third kappa shape index (κ3) is 1.88. The van der Waals surface area contributed by atoms with E-state index in [1.165, 1.54) is 21.3 Å². The lowest BCUT2D eigenvalue weighted by Crippen LogP contribution is -2.56. The second-order valence-corrected chi connectivity index (χ2v) is 10.3. The molecular weight excluding hydrogens is 168 g/mol. The Labute approximate surface area is 63.6 Å². The van der Waals surface area contributed by atoms with Crippen molar-refractivity contribution in [3.8, 4) is 0 Å². The van der Waals surface area contributed by atoms with Gasteiger partial charge in [0.25, 0.3) is 8.56 Å². The lowest BCUT2D eigenvalue weighted by Gasteiger charge is -2.25. The molecule has 0 heterocycles. The average molecular weight is 182 g/mol. The summed E-state index contributed by atoms with van der Waals surface area (Å²) in [6.07, 6.45) is 0. The molecule has 0 amide bonds. The summed E-state index contributed by atoms with van der Waals surface area (Å²) in [5.74, 6) is 0. The van der Waals surface area contributed by atoms with Crippen LogP contribution in [-0.4, -0.2) is 43.0 Å². The van der Waals surface area contributed by atoms with Gasteiger partial charge in [-0.15, -0.1) is 0 Å². The molecule has 1 atom stereocenters. The van der Waals surface area contributed by atoms with Crippen molar-refractivity contribution in [2.45, 2.75) is 6.55 Å². The van der Waals surface area contributed by atoms with Gasteiger partial charge in [-0.05, 0) is 6.55 Å². The standard InChI is InChI=1S/C4H14O4Si2/c1-6-10(7-2,8-3)9(4)5/h5,9H,1-4H3. The fraction of sp³-hybridized carbons (Fsp3) is 1.00. The molecule has 0 aromatic carbocycles.